The van der Waals surface area contributed by atoms with E-state index in [-0.39, 0.29) is 24.0 Å². The third-order valence-electron chi connectivity index (χ3n) is 3.73. The first-order valence-corrected chi connectivity index (χ1v) is 9.76. The van der Waals surface area contributed by atoms with Gasteiger partial charge in [-0.3, -0.25) is 4.99 Å². The normalized spacial score (nSPS) is 12.6. The van der Waals surface area contributed by atoms with Crippen LogP contribution in [0.1, 0.15) is 40.2 Å². The van der Waals surface area contributed by atoms with E-state index >= 15 is 0 Å². The maximum absolute atomic E-state index is 4.68. The van der Waals surface area contributed by atoms with Gasteiger partial charge in [0.2, 0.25) is 0 Å². The number of aliphatic imine (C=N–C) groups is 1. The molecule has 24 heavy (non-hydrogen) atoms. The summed E-state index contributed by atoms with van der Waals surface area (Å²) in [6, 6.07) is 4.29. The molecule has 0 saturated carbocycles. The Bertz CT molecular complexity index is 623. The van der Waals surface area contributed by atoms with Crippen LogP contribution in [0.2, 0.25) is 0 Å². The fourth-order valence-corrected chi connectivity index (χ4v) is 4.16. The van der Waals surface area contributed by atoms with Crippen molar-refractivity contribution in [3.05, 3.63) is 38.0 Å². The Hall–Kier alpha value is -0.670. The van der Waals surface area contributed by atoms with E-state index in [0.29, 0.717) is 5.92 Å². The number of aryl methyl sites for hydroxylation is 2. The number of rotatable bonds is 7. The highest BCUT2D eigenvalue weighted by atomic mass is 127. The van der Waals surface area contributed by atoms with Crippen LogP contribution in [0.5, 0.6) is 0 Å². The van der Waals surface area contributed by atoms with Gasteiger partial charge in [-0.2, -0.15) is 0 Å². The summed E-state index contributed by atoms with van der Waals surface area (Å²) < 4.78 is 0. The number of hydrogen-bond acceptors (Lipinski definition) is 4. The fourth-order valence-electron chi connectivity index (χ4n) is 2.35. The van der Waals surface area contributed by atoms with E-state index in [1.807, 2.05) is 7.05 Å². The zero-order valence-corrected chi connectivity index (χ0v) is 18.7. The van der Waals surface area contributed by atoms with Crippen molar-refractivity contribution in [3.8, 4) is 0 Å². The van der Waals surface area contributed by atoms with Gasteiger partial charge < -0.3 is 10.6 Å². The molecule has 0 bridgehead atoms. The molecule has 0 aliphatic heterocycles. The van der Waals surface area contributed by atoms with Gasteiger partial charge in [0.25, 0.3) is 0 Å². The second-order valence-corrected chi connectivity index (χ2v) is 7.78. The van der Waals surface area contributed by atoms with Crippen LogP contribution in [0.4, 0.5) is 0 Å². The van der Waals surface area contributed by atoms with Crippen LogP contribution < -0.4 is 10.6 Å². The molecule has 2 rings (SSSR count). The zero-order valence-electron chi connectivity index (χ0n) is 14.8. The molecule has 2 aromatic rings. The molecule has 134 valence electrons. The zero-order chi connectivity index (χ0) is 16.7. The molecule has 4 nitrogen and oxygen atoms in total. The molecule has 0 saturated heterocycles. The minimum absolute atomic E-state index is 0. The van der Waals surface area contributed by atoms with Gasteiger partial charge >= 0.3 is 0 Å². The largest absolute Gasteiger partial charge is 0.356 e. The number of halogens is 1. The lowest BCUT2D eigenvalue weighted by molar-refractivity contribution is 0.706. The molecule has 2 aromatic heterocycles. The Morgan fingerprint density at radius 2 is 2.17 bits per heavy atom. The standard InChI is InChI=1S/C17H26N4S2.HI/c1-5-14-13(3)23-16(21-14)8-9-19-17(18-4)20-11-12(2)15-7-6-10-22-15;/h6-7,10,12H,5,8-9,11H2,1-4H3,(H2,18,19,20);1H. The number of thiazole rings is 1. The molecule has 0 fully saturated rings. The summed E-state index contributed by atoms with van der Waals surface area (Å²) >= 11 is 3.61. The lowest BCUT2D eigenvalue weighted by Crippen LogP contribution is -2.39. The van der Waals surface area contributed by atoms with Gasteiger partial charge in [0.1, 0.15) is 0 Å². The topological polar surface area (TPSA) is 49.3 Å². The summed E-state index contributed by atoms with van der Waals surface area (Å²) in [5.74, 6) is 1.35. The minimum Gasteiger partial charge on any atom is -0.356 e. The van der Waals surface area contributed by atoms with Gasteiger partial charge in [0.15, 0.2) is 5.96 Å². The highest BCUT2D eigenvalue weighted by molar-refractivity contribution is 14.0. The molecule has 0 spiro atoms. The molecule has 1 unspecified atom stereocenters. The number of guanidine groups is 1. The van der Waals surface area contributed by atoms with Crippen LogP contribution in [0.15, 0.2) is 22.5 Å². The lowest BCUT2D eigenvalue weighted by Gasteiger charge is -2.14. The molecule has 1 atom stereocenters. The van der Waals surface area contributed by atoms with Crippen LogP contribution in [-0.2, 0) is 12.8 Å². The van der Waals surface area contributed by atoms with Crippen molar-refractivity contribution in [2.45, 2.75) is 39.5 Å². The molecule has 2 heterocycles. The van der Waals surface area contributed by atoms with E-state index < -0.39 is 0 Å². The van der Waals surface area contributed by atoms with Gasteiger partial charge in [-0.25, -0.2) is 4.98 Å². The summed E-state index contributed by atoms with van der Waals surface area (Å²) in [6.45, 7) is 8.28. The van der Waals surface area contributed by atoms with Crippen LogP contribution in [0.25, 0.3) is 0 Å². The summed E-state index contributed by atoms with van der Waals surface area (Å²) in [5.41, 5.74) is 1.23. The van der Waals surface area contributed by atoms with Crippen molar-refractivity contribution < 1.29 is 0 Å². The highest BCUT2D eigenvalue weighted by Crippen LogP contribution is 2.19. The predicted octanol–water partition coefficient (Wildman–Crippen LogP) is 4.20. The molecule has 7 heteroatoms. The molecule has 0 aliphatic rings. The minimum atomic E-state index is 0. The van der Waals surface area contributed by atoms with Crippen LogP contribution in [0.3, 0.4) is 0 Å². The van der Waals surface area contributed by atoms with Gasteiger partial charge in [0, 0.05) is 42.2 Å². The van der Waals surface area contributed by atoms with Crippen molar-refractivity contribution in [3.63, 3.8) is 0 Å². The number of aromatic nitrogens is 1. The predicted molar refractivity (Wildman–Crippen MR) is 117 cm³/mol. The first-order valence-electron chi connectivity index (χ1n) is 8.07. The van der Waals surface area contributed by atoms with E-state index in [4.69, 9.17) is 0 Å². The van der Waals surface area contributed by atoms with Crippen molar-refractivity contribution in [2.75, 3.05) is 20.1 Å². The maximum atomic E-state index is 4.68. The van der Waals surface area contributed by atoms with E-state index in [1.165, 1.54) is 20.5 Å². The van der Waals surface area contributed by atoms with Crippen LogP contribution in [-0.4, -0.2) is 31.1 Å². The first-order chi connectivity index (χ1) is 11.1. The summed E-state index contributed by atoms with van der Waals surface area (Å²) in [6.07, 6.45) is 1.95. The average molecular weight is 478 g/mol. The summed E-state index contributed by atoms with van der Waals surface area (Å²) in [4.78, 5) is 11.7. The van der Waals surface area contributed by atoms with Gasteiger partial charge in [-0.05, 0) is 24.8 Å². The van der Waals surface area contributed by atoms with Gasteiger partial charge in [-0.1, -0.05) is 19.9 Å². The lowest BCUT2D eigenvalue weighted by atomic mass is 10.1. The third-order valence-corrected chi connectivity index (χ3v) is 5.91. The monoisotopic (exact) mass is 478 g/mol. The highest BCUT2D eigenvalue weighted by Gasteiger charge is 2.08. The molecule has 0 aliphatic carbocycles. The SMILES string of the molecule is CCc1nc(CCNC(=NC)NCC(C)c2cccs2)sc1C.I. The Morgan fingerprint density at radius 1 is 1.38 bits per heavy atom. The fraction of sp³-hybridized carbons (Fsp3) is 0.529. The molecular formula is C17H27IN4S2. The van der Waals surface area contributed by atoms with Crippen molar-refractivity contribution in [1.29, 1.82) is 0 Å². The number of nitrogens with one attached hydrogen (secondary N) is 2. The Kier molecular flexibility index (Phi) is 9.84. The van der Waals surface area contributed by atoms with E-state index in [2.05, 4.69) is 58.9 Å². The summed E-state index contributed by atoms with van der Waals surface area (Å²) in [7, 11) is 1.81. The molecule has 0 radical (unpaired) electrons. The third kappa shape index (κ3) is 6.33. The van der Waals surface area contributed by atoms with Gasteiger partial charge in [0.05, 0.1) is 10.7 Å². The van der Waals surface area contributed by atoms with E-state index in [0.717, 1.165) is 31.9 Å². The Balaban J connectivity index is 0.00000288. The molecule has 0 amide bonds. The second-order valence-electron chi connectivity index (χ2n) is 5.51. The molecular weight excluding hydrogens is 451 g/mol. The number of nitrogens with zero attached hydrogens (tertiary/aromatic N) is 2. The first kappa shape index (κ1) is 21.4. The summed E-state index contributed by atoms with van der Waals surface area (Å²) in [5, 5.41) is 10.1. The molecule has 2 N–H and O–H groups in total. The van der Waals surface area contributed by atoms with Crippen LogP contribution in [0, 0.1) is 6.92 Å². The van der Waals surface area contributed by atoms with Crippen LogP contribution >= 0.6 is 46.7 Å². The quantitative estimate of drug-likeness (QED) is 0.356. The maximum Gasteiger partial charge on any atom is 0.191 e. The molecule has 0 aromatic carbocycles. The number of thiophene rings is 1. The van der Waals surface area contributed by atoms with Gasteiger partial charge in [-0.15, -0.1) is 46.7 Å². The van der Waals surface area contributed by atoms with E-state index in [1.54, 1.807) is 22.7 Å². The van der Waals surface area contributed by atoms with Crippen molar-refractivity contribution in [2.24, 2.45) is 4.99 Å². The second kappa shape index (κ2) is 11.0. The van der Waals surface area contributed by atoms with E-state index in [9.17, 15) is 0 Å². The Morgan fingerprint density at radius 3 is 2.75 bits per heavy atom. The smallest absolute Gasteiger partial charge is 0.191 e. The Labute approximate surface area is 170 Å². The average Bonchev–Trinajstić information content (AvgIpc) is 3.20. The van der Waals surface area contributed by atoms with Crippen molar-refractivity contribution in [1.82, 2.24) is 15.6 Å². The number of hydrogen-bond donors (Lipinski definition) is 2. The van der Waals surface area contributed by atoms with Crippen molar-refractivity contribution >= 4 is 52.6 Å².